The van der Waals surface area contributed by atoms with E-state index in [9.17, 15) is 9.18 Å². The van der Waals surface area contributed by atoms with E-state index in [1.807, 2.05) is 19.1 Å². The number of hydrogen-bond acceptors (Lipinski definition) is 3. The molecule has 28 heavy (non-hydrogen) atoms. The third kappa shape index (κ3) is 2.75. The van der Waals surface area contributed by atoms with Crippen LogP contribution in [0.5, 0.6) is 0 Å². The molecule has 0 radical (unpaired) electrons. The minimum Gasteiger partial charge on any atom is -0.301 e. The Labute approximate surface area is 170 Å². The van der Waals surface area contributed by atoms with E-state index in [1.54, 1.807) is 29.1 Å². The zero-order valence-electron chi connectivity index (χ0n) is 14.7. The van der Waals surface area contributed by atoms with Gasteiger partial charge in [0.15, 0.2) is 5.82 Å². The van der Waals surface area contributed by atoms with Gasteiger partial charge in [0.25, 0.3) is 5.91 Å². The Morgan fingerprint density at radius 2 is 1.86 bits per heavy atom. The lowest BCUT2D eigenvalue weighted by atomic mass is 9.91. The number of nitriles is 1. The van der Waals surface area contributed by atoms with Gasteiger partial charge in [0.1, 0.15) is 5.54 Å². The zero-order chi connectivity index (χ0) is 20.1. The molecule has 4 rings (SSSR count). The number of benzene rings is 2. The van der Waals surface area contributed by atoms with Crippen LogP contribution in [0.15, 0.2) is 48.8 Å². The Balaban J connectivity index is 1.77. The molecule has 1 aliphatic rings. The van der Waals surface area contributed by atoms with Crippen molar-refractivity contribution in [2.45, 2.75) is 18.9 Å². The fraction of sp³-hybridized carbons (Fsp3) is 0.150. The van der Waals surface area contributed by atoms with Gasteiger partial charge in [0, 0.05) is 18.8 Å². The van der Waals surface area contributed by atoms with E-state index in [0.29, 0.717) is 23.6 Å². The minimum atomic E-state index is -0.951. The highest BCUT2D eigenvalue weighted by atomic mass is 35.5. The molecule has 1 atom stereocenters. The van der Waals surface area contributed by atoms with Gasteiger partial charge in [-0.05, 0) is 36.8 Å². The molecule has 1 aliphatic heterocycles. The van der Waals surface area contributed by atoms with Gasteiger partial charge < -0.3 is 4.57 Å². The fourth-order valence-corrected chi connectivity index (χ4v) is 3.92. The molecule has 0 spiro atoms. The number of fused-ring (bicyclic) bond motifs is 1. The van der Waals surface area contributed by atoms with Crippen LogP contribution in [0.3, 0.4) is 0 Å². The molecule has 3 aromatic rings. The van der Waals surface area contributed by atoms with Crippen molar-refractivity contribution in [1.82, 2.24) is 9.55 Å². The van der Waals surface area contributed by atoms with Gasteiger partial charge in [-0.2, -0.15) is 5.26 Å². The molecule has 1 amide bonds. The lowest BCUT2D eigenvalue weighted by Crippen LogP contribution is -2.40. The van der Waals surface area contributed by atoms with Gasteiger partial charge in [-0.15, -0.1) is 0 Å². The quantitative estimate of drug-likeness (QED) is 0.576. The highest BCUT2D eigenvalue weighted by molar-refractivity contribution is 6.35. The van der Waals surface area contributed by atoms with Gasteiger partial charge in [-0.1, -0.05) is 35.3 Å². The largest absolute Gasteiger partial charge is 0.301 e. The Hall–Kier alpha value is -2.88. The first-order valence-corrected chi connectivity index (χ1v) is 9.13. The number of imidazole rings is 1. The lowest BCUT2D eigenvalue weighted by Gasteiger charge is -2.25. The van der Waals surface area contributed by atoms with Crippen molar-refractivity contribution in [1.29, 1.82) is 5.26 Å². The second-order valence-corrected chi connectivity index (χ2v) is 7.53. The van der Waals surface area contributed by atoms with Crippen LogP contribution in [0.2, 0.25) is 10.0 Å². The molecule has 2 heterocycles. The van der Waals surface area contributed by atoms with Gasteiger partial charge in [0.05, 0.1) is 27.4 Å². The summed E-state index contributed by atoms with van der Waals surface area (Å²) >= 11 is 11.8. The third-order valence-electron chi connectivity index (χ3n) is 4.87. The summed E-state index contributed by atoms with van der Waals surface area (Å²) in [5.74, 6) is -0.569. The van der Waals surface area contributed by atoms with Gasteiger partial charge in [-0.3, -0.25) is 4.79 Å². The highest BCUT2D eigenvalue weighted by Gasteiger charge is 2.48. The third-order valence-corrected chi connectivity index (χ3v) is 5.42. The van der Waals surface area contributed by atoms with Crippen LogP contribution >= 0.6 is 23.2 Å². The van der Waals surface area contributed by atoms with E-state index in [-0.39, 0.29) is 16.0 Å². The van der Waals surface area contributed by atoms with Crippen LogP contribution in [0.4, 0.5) is 16.0 Å². The van der Waals surface area contributed by atoms with Gasteiger partial charge in [0.2, 0.25) is 5.95 Å². The summed E-state index contributed by atoms with van der Waals surface area (Å²) in [6, 6.07) is 11.9. The molecule has 0 aliphatic carbocycles. The SMILES string of the molecule is C[C@@]1(Cc2ccc(C#N)cc2)C(=O)N(c2cc(Cl)c(F)c(Cl)c2)c2nccn21. The number of amides is 1. The van der Waals surface area contributed by atoms with E-state index in [2.05, 4.69) is 11.1 Å². The summed E-state index contributed by atoms with van der Waals surface area (Å²) in [7, 11) is 0. The van der Waals surface area contributed by atoms with Crippen molar-refractivity contribution in [2.24, 2.45) is 0 Å². The first kappa shape index (κ1) is 18.5. The first-order valence-electron chi connectivity index (χ1n) is 8.37. The number of aromatic nitrogens is 2. The van der Waals surface area contributed by atoms with Crippen molar-refractivity contribution in [3.05, 3.63) is 75.8 Å². The highest BCUT2D eigenvalue weighted by Crippen LogP contribution is 2.42. The van der Waals surface area contributed by atoms with Crippen LogP contribution in [-0.4, -0.2) is 15.5 Å². The average molecular weight is 415 g/mol. The van der Waals surface area contributed by atoms with E-state index in [1.165, 1.54) is 17.0 Å². The summed E-state index contributed by atoms with van der Waals surface area (Å²) in [5, 5.41) is 8.62. The standard InChI is InChI=1S/C20H13Cl2FN4O/c1-20(10-12-2-4-13(11-24)5-3-12)18(28)27(19-25-6-7-26(19)20)14-8-15(21)17(23)16(22)9-14/h2-9H,10H2,1H3/t20-/m1/s1. The Bertz CT molecular complexity index is 1110. The molecule has 0 unspecified atom stereocenters. The monoisotopic (exact) mass is 414 g/mol. The van der Waals surface area contributed by atoms with Gasteiger partial charge in [-0.25, -0.2) is 14.3 Å². The van der Waals surface area contributed by atoms with Crippen LogP contribution in [-0.2, 0) is 16.8 Å². The molecule has 140 valence electrons. The van der Waals surface area contributed by atoms with Crippen LogP contribution < -0.4 is 4.90 Å². The molecule has 0 saturated carbocycles. The van der Waals surface area contributed by atoms with E-state index in [0.717, 1.165) is 5.56 Å². The maximum absolute atomic E-state index is 13.8. The molecule has 0 bridgehead atoms. The maximum Gasteiger partial charge on any atom is 0.260 e. The fourth-order valence-electron chi connectivity index (χ4n) is 3.44. The number of halogens is 3. The van der Waals surface area contributed by atoms with Crippen molar-refractivity contribution in [3.63, 3.8) is 0 Å². The summed E-state index contributed by atoms with van der Waals surface area (Å²) < 4.78 is 15.6. The second kappa shape index (κ2) is 6.62. The molecule has 1 aromatic heterocycles. The van der Waals surface area contributed by atoms with E-state index < -0.39 is 11.4 Å². The molecular formula is C20H13Cl2FN4O. The van der Waals surface area contributed by atoms with Gasteiger partial charge >= 0.3 is 0 Å². The van der Waals surface area contributed by atoms with E-state index >= 15 is 0 Å². The van der Waals surface area contributed by atoms with Crippen molar-refractivity contribution >= 4 is 40.7 Å². The molecule has 8 heteroatoms. The predicted octanol–water partition coefficient (Wildman–Crippen LogP) is 4.84. The summed E-state index contributed by atoms with van der Waals surface area (Å²) in [6.07, 6.45) is 3.71. The number of hydrogen-bond donors (Lipinski definition) is 0. The molecule has 2 aromatic carbocycles. The number of carbonyl (C=O) groups excluding carboxylic acids is 1. The topological polar surface area (TPSA) is 61.9 Å². The Morgan fingerprint density at radius 3 is 2.46 bits per heavy atom. The number of nitrogens with zero attached hydrogens (tertiary/aromatic N) is 4. The van der Waals surface area contributed by atoms with Crippen LogP contribution in [0, 0.1) is 17.1 Å². The van der Waals surface area contributed by atoms with Crippen molar-refractivity contribution < 1.29 is 9.18 Å². The Morgan fingerprint density at radius 1 is 1.21 bits per heavy atom. The molecule has 0 N–H and O–H groups in total. The maximum atomic E-state index is 13.8. The predicted molar refractivity (Wildman–Crippen MR) is 104 cm³/mol. The minimum absolute atomic E-state index is 0.172. The zero-order valence-corrected chi connectivity index (χ0v) is 16.2. The Kier molecular flexibility index (Phi) is 4.37. The average Bonchev–Trinajstić information content (AvgIpc) is 3.23. The molecule has 5 nitrogen and oxygen atoms in total. The normalized spacial score (nSPS) is 18.2. The number of rotatable bonds is 3. The second-order valence-electron chi connectivity index (χ2n) is 6.72. The van der Waals surface area contributed by atoms with Crippen LogP contribution in [0.1, 0.15) is 18.1 Å². The van der Waals surface area contributed by atoms with E-state index in [4.69, 9.17) is 28.5 Å². The molecular weight excluding hydrogens is 402 g/mol. The summed E-state index contributed by atoms with van der Waals surface area (Å²) in [5.41, 5.74) is 0.837. The first-order chi connectivity index (χ1) is 13.3. The lowest BCUT2D eigenvalue weighted by molar-refractivity contribution is -0.123. The molecule has 0 fully saturated rings. The summed E-state index contributed by atoms with van der Waals surface area (Å²) in [4.78, 5) is 19.1. The number of anilines is 2. The summed E-state index contributed by atoms with van der Waals surface area (Å²) in [6.45, 7) is 1.81. The number of carbonyl (C=O) groups is 1. The smallest absolute Gasteiger partial charge is 0.260 e. The van der Waals surface area contributed by atoms with Crippen molar-refractivity contribution in [3.8, 4) is 6.07 Å². The van der Waals surface area contributed by atoms with Crippen LogP contribution in [0.25, 0.3) is 0 Å². The molecule has 0 saturated heterocycles. The van der Waals surface area contributed by atoms with Crippen molar-refractivity contribution in [2.75, 3.05) is 4.90 Å².